The summed E-state index contributed by atoms with van der Waals surface area (Å²) in [5.74, 6) is 1.01. The van der Waals surface area contributed by atoms with Gasteiger partial charge in [0.25, 0.3) is 0 Å². The van der Waals surface area contributed by atoms with Crippen LogP contribution < -0.4 is 5.73 Å². The molecule has 1 aromatic heterocycles. The number of rotatable bonds is 4. The van der Waals surface area contributed by atoms with Crippen LogP contribution in [-0.4, -0.2) is 30.7 Å². The van der Waals surface area contributed by atoms with Crippen molar-refractivity contribution in [1.82, 2.24) is 4.90 Å². The standard InChI is InChI=1S/C16H22N2O2/c1-2-12-10-18(7-8-19-12)11-16-14(9-17)13-5-3-4-6-15(13)20-16/h3-6,12H,2,7-11,17H2,1H3. The fourth-order valence-corrected chi connectivity index (χ4v) is 2.88. The molecule has 1 unspecified atom stereocenters. The lowest BCUT2D eigenvalue weighted by Crippen LogP contribution is -2.41. The Bertz CT molecular complexity index is 579. The van der Waals surface area contributed by atoms with Gasteiger partial charge in [-0.1, -0.05) is 25.1 Å². The van der Waals surface area contributed by atoms with E-state index >= 15 is 0 Å². The van der Waals surface area contributed by atoms with Gasteiger partial charge in [-0.25, -0.2) is 0 Å². The van der Waals surface area contributed by atoms with Crippen LogP contribution in [-0.2, 0) is 17.8 Å². The quantitative estimate of drug-likeness (QED) is 0.930. The Kier molecular flexibility index (Phi) is 4.05. The van der Waals surface area contributed by atoms with Gasteiger partial charge in [0.2, 0.25) is 0 Å². The van der Waals surface area contributed by atoms with Crippen molar-refractivity contribution in [3.8, 4) is 0 Å². The van der Waals surface area contributed by atoms with Crippen LogP contribution in [0, 0.1) is 0 Å². The molecule has 2 aromatic rings. The van der Waals surface area contributed by atoms with Crippen LogP contribution in [0.15, 0.2) is 28.7 Å². The van der Waals surface area contributed by atoms with Gasteiger partial charge in [0.1, 0.15) is 11.3 Å². The maximum Gasteiger partial charge on any atom is 0.134 e. The lowest BCUT2D eigenvalue weighted by Gasteiger charge is -2.31. The van der Waals surface area contributed by atoms with Crippen LogP contribution >= 0.6 is 0 Å². The van der Waals surface area contributed by atoms with Crippen LogP contribution in [0.3, 0.4) is 0 Å². The summed E-state index contributed by atoms with van der Waals surface area (Å²) < 4.78 is 11.7. The van der Waals surface area contributed by atoms with Crippen molar-refractivity contribution < 1.29 is 9.15 Å². The molecule has 1 aromatic carbocycles. The molecule has 0 spiro atoms. The van der Waals surface area contributed by atoms with Gasteiger partial charge in [-0.3, -0.25) is 4.90 Å². The van der Waals surface area contributed by atoms with Gasteiger partial charge in [0.15, 0.2) is 0 Å². The minimum absolute atomic E-state index is 0.342. The van der Waals surface area contributed by atoms with Gasteiger partial charge in [-0.05, 0) is 12.5 Å². The number of fused-ring (bicyclic) bond motifs is 1. The zero-order chi connectivity index (χ0) is 13.9. The number of benzene rings is 1. The number of hydrogen-bond acceptors (Lipinski definition) is 4. The van der Waals surface area contributed by atoms with E-state index in [1.54, 1.807) is 0 Å². The molecule has 2 heterocycles. The summed E-state index contributed by atoms with van der Waals surface area (Å²) >= 11 is 0. The number of nitrogens with zero attached hydrogens (tertiary/aromatic N) is 1. The lowest BCUT2D eigenvalue weighted by atomic mass is 10.1. The first kappa shape index (κ1) is 13.6. The van der Waals surface area contributed by atoms with E-state index in [2.05, 4.69) is 17.9 Å². The molecule has 2 N–H and O–H groups in total. The zero-order valence-corrected chi connectivity index (χ0v) is 12.0. The molecule has 1 saturated heterocycles. The molecular formula is C16H22N2O2. The smallest absolute Gasteiger partial charge is 0.134 e. The largest absolute Gasteiger partial charge is 0.459 e. The van der Waals surface area contributed by atoms with Crippen molar-refractivity contribution in [2.75, 3.05) is 19.7 Å². The highest BCUT2D eigenvalue weighted by molar-refractivity contribution is 5.82. The molecule has 3 rings (SSSR count). The van der Waals surface area contributed by atoms with Gasteiger partial charge in [-0.15, -0.1) is 0 Å². The van der Waals surface area contributed by atoms with Gasteiger partial charge < -0.3 is 14.9 Å². The molecular weight excluding hydrogens is 252 g/mol. The van der Waals surface area contributed by atoms with Crippen molar-refractivity contribution in [1.29, 1.82) is 0 Å². The van der Waals surface area contributed by atoms with Crippen molar-refractivity contribution in [3.05, 3.63) is 35.6 Å². The Morgan fingerprint density at radius 2 is 2.20 bits per heavy atom. The van der Waals surface area contributed by atoms with E-state index in [0.29, 0.717) is 12.6 Å². The highest BCUT2D eigenvalue weighted by Crippen LogP contribution is 2.27. The Morgan fingerprint density at radius 3 is 3.00 bits per heavy atom. The Labute approximate surface area is 119 Å². The van der Waals surface area contributed by atoms with Crippen LogP contribution in [0.2, 0.25) is 0 Å². The van der Waals surface area contributed by atoms with Gasteiger partial charge in [-0.2, -0.15) is 0 Å². The van der Waals surface area contributed by atoms with Crippen molar-refractivity contribution in [2.45, 2.75) is 32.5 Å². The topological polar surface area (TPSA) is 51.6 Å². The van der Waals surface area contributed by atoms with Gasteiger partial charge in [0, 0.05) is 30.6 Å². The maximum atomic E-state index is 6.00. The second-order valence-corrected chi connectivity index (χ2v) is 5.34. The fourth-order valence-electron chi connectivity index (χ4n) is 2.88. The second-order valence-electron chi connectivity index (χ2n) is 5.34. The van der Waals surface area contributed by atoms with Crippen LogP contribution in [0.5, 0.6) is 0 Å². The Morgan fingerprint density at radius 1 is 1.35 bits per heavy atom. The Hall–Kier alpha value is -1.36. The summed E-state index contributed by atoms with van der Waals surface area (Å²) in [5, 5.41) is 1.14. The number of para-hydroxylation sites is 1. The van der Waals surface area contributed by atoms with Crippen molar-refractivity contribution in [2.24, 2.45) is 5.73 Å². The van der Waals surface area contributed by atoms with Crippen LogP contribution in [0.1, 0.15) is 24.7 Å². The molecule has 1 aliphatic rings. The summed E-state index contributed by atoms with van der Waals surface area (Å²) in [5.41, 5.74) is 7.99. The maximum absolute atomic E-state index is 6.00. The summed E-state index contributed by atoms with van der Waals surface area (Å²) in [4.78, 5) is 2.40. The van der Waals surface area contributed by atoms with E-state index in [9.17, 15) is 0 Å². The van der Waals surface area contributed by atoms with Crippen LogP contribution in [0.4, 0.5) is 0 Å². The third kappa shape index (κ3) is 2.59. The number of morpholine rings is 1. The summed E-state index contributed by atoms with van der Waals surface area (Å²) in [7, 11) is 0. The number of hydrogen-bond donors (Lipinski definition) is 1. The number of nitrogens with two attached hydrogens (primary N) is 1. The SMILES string of the molecule is CCC1CN(Cc2oc3ccccc3c2CN)CCO1. The molecule has 1 fully saturated rings. The number of ether oxygens (including phenoxy) is 1. The molecule has 0 saturated carbocycles. The van der Waals surface area contributed by atoms with E-state index < -0.39 is 0 Å². The second kappa shape index (κ2) is 5.95. The van der Waals surface area contributed by atoms with E-state index in [-0.39, 0.29) is 0 Å². The molecule has 108 valence electrons. The molecule has 4 heteroatoms. The zero-order valence-electron chi connectivity index (χ0n) is 12.0. The summed E-state index contributed by atoms with van der Waals surface area (Å²) in [6, 6.07) is 8.12. The molecule has 4 nitrogen and oxygen atoms in total. The normalized spacial score (nSPS) is 20.6. The van der Waals surface area contributed by atoms with E-state index in [1.807, 2.05) is 18.2 Å². The third-order valence-corrected chi connectivity index (χ3v) is 4.03. The molecule has 0 bridgehead atoms. The van der Waals surface area contributed by atoms with Gasteiger partial charge >= 0.3 is 0 Å². The molecule has 0 amide bonds. The first-order valence-corrected chi connectivity index (χ1v) is 7.35. The van der Waals surface area contributed by atoms with E-state index in [4.69, 9.17) is 14.9 Å². The van der Waals surface area contributed by atoms with Crippen LogP contribution in [0.25, 0.3) is 11.0 Å². The summed E-state index contributed by atoms with van der Waals surface area (Å²) in [6.07, 6.45) is 1.40. The van der Waals surface area contributed by atoms with Crippen molar-refractivity contribution in [3.63, 3.8) is 0 Å². The predicted octanol–water partition coefficient (Wildman–Crippen LogP) is 2.50. The summed E-state index contributed by atoms with van der Waals surface area (Å²) in [6.45, 7) is 6.24. The first-order valence-electron chi connectivity index (χ1n) is 7.35. The average molecular weight is 274 g/mol. The molecule has 1 atom stereocenters. The minimum atomic E-state index is 0.342. The monoisotopic (exact) mass is 274 g/mol. The van der Waals surface area contributed by atoms with Gasteiger partial charge in [0.05, 0.1) is 19.3 Å². The minimum Gasteiger partial charge on any atom is -0.459 e. The predicted molar refractivity (Wildman–Crippen MR) is 79.4 cm³/mol. The number of furan rings is 1. The highest BCUT2D eigenvalue weighted by Gasteiger charge is 2.22. The molecule has 0 radical (unpaired) electrons. The average Bonchev–Trinajstić information content (AvgIpc) is 2.84. The molecule has 1 aliphatic heterocycles. The molecule has 0 aliphatic carbocycles. The van der Waals surface area contributed by atoms with E-state index in [1.165, 1.54) is 0 Å². The van der Waals surface area contributed by atoms with E-state index in [0.717, 1.165) is 55.0 Å². The Balaban J connectivity index is 1.83. The highest BCUT2D eigenvalue weighted by atomic mass is 16.5. The first-order chi connectivity index (χ1) is 9.81. The van der Waals surface area contributed by atoms with Crippen molar-refractivity contribution >= 4 is 11.0 Å². The molecule has 20 heavy (non-hydrogen) atoms. The lowest BCUT2D eigenvalue weighted by molar-refractivity contribution is -0.0341. The fraction of sp³-hybridized carbons (Fsp3) is 0.500. The third-order valence-electron chi connectivity index (χ3n) is 4.03.